The van der Waals surface area contributed by atoms with Crippen LogP contribution in [0, 0.1) is 5.92 Å². The number of anilines is 1. The topological polar surface area (TPSA) is 84.1 Å². The van der Waals surface area contributed by atoms with Crippen LogP contribution in [0.5, 0.6) is 0 Å². The minimum Gasteiger partial charge on any atom is -0.374 e. The van der Waals surface area contributed by atoms with Gasteiger partial charge in [-0.2, -0.15) is 0 Å². The first-order valence-corrected chi connectivity index (χ1v) is 9.57. The number of nitrogen functional groups attached to an aromatic ring is 1. The van der Waals surface area contributed by atoms with E-state index in [1.807, 2.05) is 6.07 Å². The van der Waals surface area contributed by atoms with E-state index in [4.69, 9.17) is 5.73 Å². The zero-order valence-electron chi connectivity index (χ0n) is 14.5. The summed E-state index contributed by atoms with van der Waals surface area (Å²) in [5.74, 6) is 0.743. The van der Waals surface area contributed by atoms with E-state index >= 15 is 0 Å². The third kappa shape index (κ3) is 4.99. The molecule has 0 radical (unpaired) electrons. The second-order valence-corrected chi connectivity index (χ2v) is 7.75. The van der Waals surface area contributed by atoms with Crippen LogP contribution in [0.1, 0.15) is 36.4 Å². The molecule has 6 nitrogen and oxygen atoms in total. The van der Waals surface area contributed by atoms with Crippen molar-refractivity contribution in [3.8, 4) is 0 Å². The Hall–Kier alpha value is -1.99. The van der Waals surface area contributed by atoms with Crippen LogP contribution in [-0.2, 0) is 11.2 Å². The van der Waals surface area contributed by atoms with E-state index in [9.17, 15) is 4.79 Å². The minimum atomic E-state index is -0.0394. The predicted molar refractivity (Wildman–Crippen MR) is 100 cm³/mol. The molecular formula is C18H25N5OS. The predicted octanol–water partition coefficient (Wildman–Crippen LogP) is 2.25. The third-order valence-corrected chi connectivity index (χ3v) is 5.48. The molecular weight excluding hydrogens is 334 g/mol. The lowest BCUT2D eigenvalue weighted by atomic mass is 9.95. The molecule has 134 valence electrons. The Bertz CT molecular complexity index is 682. The monoisotopic (exact) mass is 359 g/mol. The third-order valence-electron chi connectivity index (χ3n) is 4.73. The van der Waals surface area contributed by atoms with Gasteiger partial charge in [0.25, 0.3) is 0 Å². The van der Waals surface area contributed by atoms with E-state index in [1.165, 1.54) is 29.7 Å². The zero-order valence-corrected chi connectivity index (χ0v) is 15.3. The zero-order chi connectivity index (χ0) is 17.6. The highest BCUT2D eigenvalue weighted by atomic mass is 32.1. The van der Waals surface area contributed by atoms with Crippen molar-refractivity contribution in [3.63, 3.8) is 0 Å². The molecule has 7 heteroatoms. The Morgan fingerprint density at radius 3 is 2.68 bits per heavy atom. The average molecular weight is 359 g/mol. The average Bonchev–Trinajstić information content (AvgIpc) is 3.02. The number of amides is 1. The minimum absolute atomic E-state index is 0.0394. The lowest BCUT2D eigenvalue weighted by Crippen LogP contribution is -2.42. The Kier molecular flexibility index (Phi) is 5.99. The number of piperidine rings is 1. The van der Waals surface area contributed by atoms with Gasteiger partial charge in [-0.05, 0) is 37.4 Å². The first-order chi connectivity index (χ1) is 12.1. The van der Waals surface area contributed by atoms with E-state index in [1.54, 1.807) is 0 Å². The molecule has 1 fully saturated rings. The van der Waals surface area contributed by atoms with Crippen LogP contribution >= 0.6 is 11.3 Å². The summed E-state index contributed by atoms with van der Waals surface area (Å²) in [6.45, 7) is 5.06. The normalized spacial score (nSPS) is 17.3. The van der Waals surface area contributed by atoms with Crippen molar-refractivity contribution in [1.82, 2.24) is 20.4 Å². The number of nitrogens with one attached hydrogen (secondary N) is 1. The van der Waals surface area contributed by atoms with Gasteiger partial charge < -0.3 is 11.1 Å². The Morgan fingerprint density at radius 1 is 1.32 bits per heavy atom. The van der Waals surface area contributed by atoms with Crippen LogP contribution in [0.2, 0.25) is 0 Å². The van der Waals surface area contributed by atoms with Crippen LogP contribution in [0.25, 0.3) is 0 Å². The van der Waals surface area contributed by atoms with Gasteiger partial charge in [0.15, 0.2) is 0 Å². The summed E-state index contributed by atoms with van der Waals surface area (Å²) in [6.07, 6.45) is 2.65. The highest BCUT2D eigenvalue weighted by Crippen LogP contribution is 2.26. The molecule has 1 aromatic carbocycles. The number of likely N-dealkylation sites (tertiary alicyclic amines) is 1. The van der Waals surface area contributed by atoms with Crippen LogP contribution in [0.4, 0.5) is 5.13 Å². The molecule has 1 aliphatic heterocycles. The van der Waals surface area contributed by atoms with Gasteiger partial charge in [0, 0.05) is 6.54 Å². The smallest absolute Gasteiger partial charge is 0.227 e. The number of carbonyl (C=O) groups excluding carboxylic acids is 1. The summed E-state index contributed by atoms with van der Waals surface area (Å²) in [7, 11) is 0. The van der Waals surface area contributed by atoms with Gasteiger partial charge in [-0.3, -0.25) is 9.69 Å². The highest BCUT2D eigenvalue weighted by Gasteiger charge is 2.25. The second kappa shape index (κ2) is 8.40. The molecule has 0 bridgehead atoms. The fourth-order valence-corrected chi connectivity index (χ4v) is 3.83. The van der Waals surface area contributed by atoms with Gasteiger partial charge >= 0.3 is 0 Å². The molecule has 0 unspecified atom stereocenters. The summed E-state index contributed by atoms with van der Waals surface area (Å²) in [5.41, 5.74) is 6.82. The molecule has 2 heterocycles. The van der Waals surface area contributed by atoms with Crippen molar-refractivity contribution in [2.45, 2.75) is 32.2 Å². The molecule has 0 spiro atoms. The van der Waals surface area contributed by atoms with Crippen LogP contribution in [0.3, 0.4) is 0 Å². The molecule has 2 aromatic rings. The maximum absolute atomic E-state index is 12.3. The van der Waals surface area contributed by atoms with Crippen LogP contribution in [0.15, 0.2) is 30.3 Å². The van der Waals surface area contributed by atoms with E-state index in [0.29, 0.717) is 16.7 Å². The Labute approximate surface area is 152 Å². The lowest BCUT2D eigenvalue weighted by Gasteiger charge is -2.37. The summed E-state index contributed by atoms with van der Waals surface area (Å²) in [6, 6.07) is 10.6. The number of hydrogen-bond acceptors (Lipinski definition) is 6. The number of hydrogen-bond donors (Lipinski definition) is 2. The molecule has 1 atom stereocenters. The summed E-state index contributed by atoms with van der Waals surface area (Å²) >= 11 is 1.26. The van der Waals surface area contributed by atoms with Gasteiger partial charge in [0.2, 0.25) is 11.0 Å². The Morgan fingerprint density at radius 2 is 2.04 bits per heavy atom. The first kappa shape index (κ1) is 17.8. The quantitative estimate of drug-likeness (QED) is 0.826. The summed E-state index contributed by atoms with van der Waals surface area (Å²) in [4.78, 5) is 14.7. The van der Waals surface area contributed by atoms with E-state index in [2.05, 4.69) is 51.6 Å². The van der Waals surface area contributed by atoms with Crippen LogP contribution in [-0.4, -0.2) is 40.6 Å². The molecule has 0 saturated carbocycles. The van der Waals surface area contributed by atoms with Gasteiger partial charge in [-0.1, -0.05) is 48.6 Å². The maximum Gasteiger partial charge on any atom is 0.227 e. The standard InChI is InChI=1S/C18H25N5OS/c1-13-7-9-23(10-8-13)15(14-5-3-2-4-6-14)12-20-16(24)11-17-21-22-18(19)25-17/h2-6,13,15H,7-12H2,1H3,(H2,19,22)(H,20,24)/t15-/m0/s1. The van der Waals surface area contributed by atoms with E-state index < -0.39 is 0 Å². The lowest BCUT2D eigenvalue weighted by molar-refractivity contribution is -0.120. The molecule has 3 N–H and O–H groups in total. The largest absolute Gasteiger partial charge is 0.374 e. The number of nitrogens with two attached hydrogens (primary N) is 1. The van der Waals surface area contributed by atoms with Crippen molar-refractivity contribution < 1.29 is 4.79 Å². The molecule has 25 heavy (non-hydrogen) atoms. The molecule has 1 aliphatic rings. The summed E-state index contributed by atoms with van der Waals surface area (Å²) < 4.78 is 0. The number of carbonyl (C=O) groups is 1. The fourth-order valence-electron chi connectivity index (χ4n) is 3.22. The fraction of sp³-hybridized carbons (Fsp3) is 0.500. The van der Waals surface area contributed by atoms with Crippen molar-refractivity contribution in [1.29, 1.82) is 0 Å². The number of rotatable bonds is 6. The molecule has 1 aromatic heterocycles. The summed E-state index contributed by atoms with van der Waals surface area (Å²) in [5, 5.41) is 11.8. The van der Waals surface area contributed by atoms with Crippen molar-refractivity contribution >= 4 is 22.4 Å². The van der Waals surface area contributed by atoms with Gasteiger partial charge in [-0.25, -0.2) is 0 Å². The first-order valence-electron chi connectivity index (χ1n) is 8.75. The number of aromatic nitrogens is 2. The Balaban J connectivity index is 1.62. The van der Waals surface area contributed by atoms with Gasteiger partial charge in [0.05, 0.1) is 12.5 Å². The molecule has 1 amide bonds. The SMILES string of the molecule is CC1CCN([C@@H](CNC(=O)Cc2nnc(N)s2)c2ccccc2)CC1. The van der Waals surface area contributed by atoms with Crippen molar-refractivity contribution in [2.24, 2.45) is 5.92 Å². The molecule has 3 rings (SSSR count). The highest BCUT2D eigenvalue weighted by molar-refractivity contribution is 7.15. The number of nitrogens with zero attached hydrogens (tertiary/aromatic N) is 3. The number of benzene rings is 1. The van der Waals surface area contributed by atoms with Crippen LogP contribution < -0.4 is 11.1 Å². The van der Waals surface area contributed by atoms with E-state index in [-0.39, 0.29) is 18.4 Å². The van der Waals surface area contributed by atoms with E-state index in [0.717, 1.165) is 19.0 Å². The maximum atomic E-state index is 12.3. The molecule has 1 saturated heterocycles. The van der Waals surface area contributed by atoms with Gasteiger partial charge in [-0.15, -0.1) is 10.2 Å². The molecule has 0 aliphatic carbocycles. The second-order valence-electron chi connectivity index (χ2n) is 6.66. The van der Waals surface area contributed by atoms with Crippen molar-refractivity contribution in [3.05, 3.63) is 40.9 Å². The van der Waals surface area contributed by atoms with Crippen molar-refractivity contribution in [2.75, 3.05) is 25.4 Å². The van der Waals surface area contributed by atoms with Gasteiger partial charge in [0.1, 0.15) is 5.01 Å².